The molecule has 1 aromatic carbocycles. The van der Waals surface area contributed by atoms with Gasteiger partial charge in [-0.1, -0.05) is 36.9 Å². The Bertz CT molecular complexity index is 590. The molecule has 0 aromatic heterocycles. The van der Waals surface area contributed by atoms with E-state index >= 15 is 0 Å². The zero-order valence-corrected chi connectivity index (χ0v) is 12.7. The first-order chi connectivity index (χ1) is 11.2. The van der Waals surface area contributed by atoms with Crippen molar-refractivity contribution in [3.63, 3.8) is 0 Å². The van der Waals surface area contributed by atoms with Gasteiger partial charge in [0.1, 0.15) is 12.6 Å². The third-order valence-electron chi connectivity index (χ3n) is 3.94. The predicted molar refractivity (Wildman–Crippen MR) is 81.7 cm³/mol. The first kappa shape index (κ1) is 15.6. The van der Waals surface area contributed by atoms with Crippen molar-refractivity contribution >= 4 is 12.1 Å². The van der Waals surface area contributed by atoms with Gasteiger partial charge in [0.05, 0.1) is 12.5 Å². The number of nitrogens with one attached hydrogen (secondary N) is 1. The molecule has 1 amide bonds. The van der Waals surface area contributed by atoms with Crippen molar-refractivity contribution in [3.05, 3.63) is 48.0 Å². The van der Waals surface area contributed by atoms with Crippen LogP contribution in [-0.4, -0.2) is 37.1 Å². The highest BCUT2D eigenvalue weighted by molar-refractivity contribution is 5.75. The third kappa shape index (κ3) is 3.71. The second-order valence-corrected chi connectivity index (χ2v) is 5.64. The molecule has 1 aliphatic heterocycles. The highest BCUT2D eigenvalue weighted by Gasteiger charge is 2.39. The minimum Gasteiger partial charge on any atom is -0.445 e. The van der Waals surface area contributed by atoms with Gasteiger partial charge in [-0.2, -0.15) is 0 Å². The summed E-state index contributed by atoms with van der Waals surface area (Å²) in [6.45, 7) is 3.58. The summed E-state index contributed by atoms with van der Waals surface area (Å²) in [6, 6.07) is 7.60. The fourth-order valence-electron chi connectivity index (χ4n) is 2.91. The Labute approximate surface area is 134 Å². The van der Waals surface area contributed by atoms with E-state index in [9.17, 15) is 9.59 Å². The Hall–Kier alpha value is -2.34. The van der Waals surface area contributed by atoms with Gasteiger partial charge in [0.15, 0.2) is 0 Å². The summed E-state index contributed by atoms with van der Waals surface area (Å²) in [4.78, 5) is 23.2. The Morgan fingerprint density at radius 2 is 2.00 bits per heavy atom. The molecule has 1 fully saturated rings. The maximum absolute atomic E-state index is 11.6. The average Bonchev–Trinajstić information content (AvgIpc) is 3.08. The van der Waals surface area contributed by atoms with Crippen LogP contribution in [0.4, 0.5) is 4.79 Å². The number of carbonyl (C=O) groups is 2. The van der Waals surface area contributed by atoms with Crippen molar-refractivity contribution in [3.8, 4) is 0 Å². The molecule has 3 rings (SSSR count). The summed E-state index contributed by atoms with van der Waals surface area (Å²) in [5.41, 5.74) is 2.49. The molecule has 122 valence electrons. The van der Waals surface area contributed by atoms with Crippen LogP contribution in [-0.2, 0) is 31.8 Å². The lowest BCUT2D eigenvalue weighted by atomic mass is 10.1. The number of ether oxygens (including phenoxy) is 3. The molecule has 6 nitrogen and oxygen atoms in total. The van der Waals surface area contributed by atoms with Gasteiger partial charge in [-0.15, -0.1) is 0 Å². The zero-order valence-electron chi connectivity index (χ0n) is 12.7. The molecule has 0 bridgehead atoms. The van der Waals surface area contributed by atoms with E-state index in [0.29, 0.717) is 0 Å². The van der Waals surface area contributed by atoms with Crippen LogP contribution < -0.4 is 5.32 Å². The second-order valence-electron chi connectivity index (χ2n) is 5.64. The van der Waals surface area contributed by atoms with Crippen LogP contribution in [0.5, 0.6) is 0 Å². The normalized spacial score (nSPS) is 23.2. The van der Waals surface area contributed by atoms with E-state index in [-0.39, 0.29) is 25.1 Å². The molecule has 2 atom stereocenters. The van der Waals surface area contributed by atoms with Crippen LogP contribution in [0.25, 0.3) is 0 Å². The standard InChI is InChI=1S/C17H19NO5/c1-2-7-21-17(20)18-14-10-15(19)23-16(14)22-13-8-11-5-3-4-6-12(11)9-13/h2-6,13-14,16H,1,7-10H2,(H,18,20). The first-order valence-corrected chi connectivity index (χ1v) is 7.61. The van der Waals surface area contributed by atoms with Gasteiger partial charge in [-0.05, 0) is 24.0 Å². The number of fused-ring (bicyclic) bond motifs is 1. The molecule has 0 radical (unpaired) electrons. The lowest BCUT2D eigenvalue weighted by Crippen LogP contribution is -2.43. The second kappa shape index (κ2) is 6.83. The van der Waals surface area contributed by atoms with Gasteiger partial charge >= 0.3 is 12.1 Å². The van der Waals surface area contributed by atoms with E-state index in [1.54, 1.807) is 0 Å². The number of cyclic esters (lactones) is 1. The molecule has 6 heteroatoms. The predicted octanol–water partition coefficient (Wildman–Crippen LogP) is 1.72. The van der Waals surface area contributed by atoms with Crippen LogP contribution in [0.15, 0.2) is 36.9 Å². The maximum Gasteiger partial charge on any atom is 0.407 e. The first-order valence-electron chi connectivity index (χ1n) is 7.61. The SMILES string of the molecule is C=CCOC(=O)NC1CC(=O)OC1OC1Cc2ccccc2C1. The molecular weight excluding hydrogens is 298 g/mol. The number of hydrogen-bond donors (Lipinski definition) is 1. The minimum atomic E-state index is -0.780. The van der Waals surface area contributed by atoms with Crippen molar-refractivity contribution in [2.45, 2.75) is 37.7 Å². The summed E-state index contributed by atoms with van der Waals surface area (Å²) in [6.07, 6.45) is 1.65. The van der Waals surface area contributed by atoms with Crippen LogP contribution in [0.2, 0.25) is 0 Å². The Balaban J connectivity index is 1.57. The summed E-state index contributed by atoms with van der Waals surface area (Å²) >= 11 is 0. The van der Waals surface area contributed by atoms with Crippen LogP contribution in [0.3, 0.4) is 0 Å². The van der Waals surface area contributed by atoms with Crippen LogP contribution in [0.1, 0.15) is 17.5 Å². The van der Waals surface area contributed by atoms with Crippen LogP contribution >= 0.6 is 0 Å². The summed E-state index contributed by atoms with van der Waals surface area (Å²) in [5, 5.41) is 2.61. The number of alkyl carbamates (subject to hydrolysis) is 1. The fraction of sp³-hybridized carbons (Fsp3) is 0.412. The molecule has 1 aliphatic carbocycles. The van der Waals surface area contributed by atoms with Gasteiger partial charge < -0.3 is 19.5 Å². The van der Waals surface area contributed by atoms with E-state index in [1.807, 2.05) is 12.1 Å². The Morgan fingerprint density at radius 3 is 2.65 bits per heavy atom. The van der Waals surface area contributed by atoms with Crippen molar-refractivity contribution in [1.29, 1.82) is 0 Å². The topological polar surface area (TPSA) is 73.9 Å². The van der Waals surface area contributed by atoms with Gasteiger partial charge in [0.2, 0.25) is 6.29 Å². The largest absolute Gasteiger partial charge is 0.445 e. The number of carbonyl (C=O) groups excluding carboxylic acids is 2. The van der Waals surface area contributed by atoms with Gasteiger partial charge in [0, 0.05) is 0 Å². The number of hydrogen-bond acceptors (Lipinski definition) is 5. The third-order valence-corrected chi connectivity index (χ3v) is 3.94. The minimum absolute atomic E-state index is 0.0585. The smallest absolute Gasteiger partial charge is 0.407 e. The summed E-state index contributed by atoms with van der Waals surface area (Å²) in [7, 11) is 0. The van der Waals surface area contributed by atoms with E-state index < -0.39 is 18.4 Å². The fourth-order valence-corrected chi connectivity index (χ4v) is 2.91. The van der Waals surface area contributed by atoms with E-state index in [2.05, 4.69) is 24.0 Å². The monoisotopic (exact) mass is 317 g/mol. The Morgan fingerprint density at radius 1 is 1.30 bits per heavy atom. The van der Waals surface area contributed by atoms with Gasteiger partial charge in [-0.25, -0.2) is 4.79 Å². The Kier molecular flexibility index (Phi) is 4.62. The van der Waals surface area contributed by atoms with Gasteiger partial charge in [0.25, 0.3) is 0 Å². The van der Waals surface area contributed by atoms with Crippen molar-refractivity contribution in [1.82, 2.24) is 5.32 Å². The number of amides is 1. The highest BCUT2D eigenvalue weighted by atomic mass is 16.7. The zero-order chi connectivity index (χ0) is 16.2. The van der Waals surface area contributed by atoms with E-state index in [0.717, 1.165) is 12.8 Å². The molecule has 23 heavy (non-hydrogen) atoms. The molecule has 1 N–H and O–H groups in total. The quantitative estimate of drug-likeness (QED) is 0.661. The number of esters is 1. The van der Waals surface area contributed by atoms with Crippen LogP contribution in [0, 0.1) is 0 Å². The number of benzene rings is 1. The van der Waals surface area contributed by atoms with Crippen molar-refractivity contribution < 1.29 is 23.8 Å². The molecule has 1 heterocycles. The molecular formula is C17H19NO5. The molecule has 1 aromatic rings. The van der Waals surface area contributed by atoms with Crippen molar-refractivity contribution in [2.24, 2.45) is 0 Å². The number of rotatable bonds is 5. The lowest BCUT2D eigenvalue weighted by Gasteiger charge is -2.22. The summed E-state index contributed by atoms with van der Waals surface area (Å²) in [5.74, 6) is -0.389. The maximum atomic E-state index is 11.6. The summed E-state index contributed by atoms with van der Waals surface area (Å²) < 4.78 is 16.0. The lowest BCUT2D eigenvalue weighted by molar-refractivity contribution is -0.174. The molecule has 0 spiro atoms. The van der Waals surface area contributed by atoms with E-state index in [4.69, 9.17) is 14.2 Å². The highest BCUT2D eigenvalue weighted by Crippen LogP contribution is 2.27. The molecule has 2 aliphatic rings. The molecule has 0 saturated carbocycles. The average molecular weight is 317 g/mol. The van der Waals surface area contributed by atoms with E-state index in [1.165, 1.54) is 17.2 Å². The van der Waals surface area contributed by atoms with Crippen molar-refractivity contribution in [2.75, 3.05) is 6.61 Å². The van der Waals surface area contributed by atoms with Gasteiger partial charge in [-0.3, -0.25) is 4.79 Å². The molecule has 1 saturated heterocycles. The molecule has 2 unspecified atom stereocenters.